The number of aromatic carboxylic acids is 1. The number of rotatable bonds is 8. The van der Waals surface area contributed by atoms with Gasteiger partial charge in [0.15, 0.2) is 11.4 Å². The fourth-order valence-corrected chi connectivity index (χ4v) is 5.57. The van der Waals surface area contributed by atoms with Crippen LogP contribution >= 0.6 is 0 Å². The summed E-state index contributed by atoms with van der Waals surface area (Å²) in [7, 11) is 1.32. The zero-order valence-corrected chi connectivity index (χ0v) is 29.8. The molecule has 12 heteroatoms. The number of hydrogen-bond donors (Lipinski definition) is 1. The van der Waals surface area contributed by atoms with E-state index in [0.29, 0.717) is 11.8 Å². The maximum Gasteiger partial charge on any atom is 1.00 e. The van der Waals surface area contributed by atoms with Crippen molar-refractivity contribution < 1.29 is 63.3 Å². The molecule has 8 rings (SSSR count). The summed E-state index contributed by atoms with van der Waals surface area (Å²) >= 11 is 0. The molecule has 11 nitrogen and oxygen atoms in total. The first-order chi connectivity index (χ1) is 23.9. The van der Waals surface area contributed by atoms with Gasteiger partial charge in [0.1, 0.15) is 12.5 Å². The molecule has 250 valence electrons. The van der Waals surface area contributed by atoms with E-state index in [4.69, 9.17) is 13.9 Å². The number of aromatic nitrogens is 4. The van der Waals surface area contributed by atoms with Gasteiger partial charge in [-0.2, -0.15) is 0 Å². The van der Waals surface area contributed by atoms with Crippen LogP contribution in [0.1, 0.15) is 32.1 Å². The first-order valence-electron chi connectivity index (χ1n) is 15.4. The van der Waals surface area contributed by atoms with E-state index in [0.717, 1.165) is 36.0 Å². The second-order valence-electron chi connectivity index (χ2n) is 11.3. The van der Waals surface area contributed by atoms with Crippen molar-refractivity contribution in [1.82, 2.24) is 19.1 Å². The minimum atomic E-state index is -1.10. The van der Waals surface area contributed by atoms with Gasteiger partial charge in [0.25, 0.3) is 0 Å². The van der Waals surface area contributed by atoms with E-state index < -0.39 is 11.9 Å². The zero-order chi connectivity index (χ0) is 33.7. The Morgan fingerprint density at radius 3 is 1.51 bits per heavy atom. The van der Waals surface area contributed by atoms with Crippen LogP contribution in [0.5, 0.6) is 0 Å². The Morgan fingerprint density at radius 2 is 1.08 bits per heavy atom. The maximum absolute atomic E-state index is 11.4. The van der Waals surface area contributed by atoms with Gasteiger partial charge in [-0.15, -0.1) is 0 Å². The molecule has 0 aliphatic heterocycles. The monoisotopic (exact) mass is 690 g/mol. The fraction of sp³-hybridized carbons (Fsp3) is 0.0769. The molecule has 0 amide bonds. The Hall–Kier alpha value is -5.72. The van der Waals surface area contributed by atoms with Crippen molar-refractivity contribution in [3.63, 3.8) is 0 Å². The third-order valence-electron chi connectivity index (χ3n) is 8.09. The van der Waals surface area contributed by atoms with E-state index in [-0.39, 0.29) is 46.4 Å². The molecule has 8 aromatic rings. The summed E-state index contributed by atoms with van der Waals surface area (Å²) in [5.41, 5.74) is 6.37. The molecular weight excluding hydrogens is 659 g/mol. The third kappa shape index (κ3) is 8.19. The van der Waals surface area contributed by atoms with Crippen molar-refractivity contribution in [3.8, 4) is 22.9 Å². The summed E-state index contributed by atoms with van der Waals surface area (Å²) in [5, 5.41) is 11.3. The van der Waals surface area contributed by atoms with E-state index in [1.807, 2.05) is 72.8 Å². The number of fused-ring (bicyclic) bond motifs is 2. The van der Waals surface area contributed by atoms with Crippen LogP contribution in [0, 0.1) is 0 Å². The summed E-state index contributed by atoms with van der Waals surface area (Å²) in [6.07, 6.45) is 6.62. The van der Waals surface area contributed by atoms with Gasteiger partial charge in [0, 0.05) is 47.6 Å². The van der Waals surface area contributed by atoms with Crippen LogP contribution in [-0.2, 0) is 17.8 Å². The number of esters is 1. The quantitative estimate of drug-likeness (QED) is 0.171. The van der Waals surface area contributed by atoms with Crippen molar-refractivity contribution in [2.45, 2.75) is 13.1 Å². The van der Waals surface area contributed by atoms with Crippen LogP contribution in [0.3, 0.4) is 0 Å². The van der Waals surface area contributed by atoms with E-state index in [1.165, 1.54) is 40.7 Å². The third-order valence-corrected chi connectivity index (χ3v) is 8.09. The van der Waals surface area contributed by atoms with E-state index in [2.05, 4.69) is 72.6 Å². The fourth-order valence-electron chi connectivity index (χ4n) is 5.57. The molecule has 0 saturated heterocycles. The second-order valence-corrected chi connectivity index (χ2v) is 11.3. The predicted octanol–water partition coefficient (Wildman–Crippen LogP) is 5.00. The number of benzene rings is 4. The Balaban J connectivity index is 0.000000190. The first-order valence-corrected chi connectivity index (χ1v) is 15.4. The van der Waals surface area contributed by atoms with Gasteiger partial charge in [-0.25, -0.2) is 19.6 Å². The number of carbonyl (C=O) groups excluding carboxylic acids is 1. The second kappa shape index (κ2) is 16.3. The predicted molar refractivity (Wildman–Crippen MR) is 186 cm³/mol. The van der Waals surface area contributed by atoms with E-state index in [9.17, 15) is 9.59 Å². The maximum atomic E-state index is 11.4. The van der Waals surface area contributed by atoms with E-state index >= 15 is 0 Å². The summed E-state index contributed by atoms with van der Waals surface area (Å²) in [6, 6.07) is 36.5. The van der Waals surface area contributed by atoms with Gasteiger partial charge < -0.3 is 33.3 Å². The normalized spacial score (nSPS) is 10.5. The van der Waals surface area contributed by atoms with Gasteiger partial charge in [0.2, 0.25) is 11.8 Å². The van der Waals surface area contributed by atoms with E-state index in [1.54, 1.807) is 0 Å². The summed E-state index contributed by atoms with van der Waals surface area (Å²) < 4.78 is 19.6. The van der Waals surface area contributed by atoms with Crippen molar-refractivity contribution in [3.05, 3.63) is 157 Å². The number of carboxylic acid groups (broad SMARTS) is 1. The topological polar surface area (TPSA) is 156 Å². The van der Waals surface area contributed by atoms with Crippen LogP contribution in [0.15, 0.2) is 143 Å². The number of carbonyl (C=O) groups is 2. The number of oxazole rings is 2. The molecule has 0 fully saturated rings. The molecule has 0 aliphatic rings. The molecule has 0 saturated carbocycles. The number of ether oxygens (including phenoxy) is 1. The molecule has 0 aliphatic carbocycles. The molecular formula is C39H31N4NaO7. The molecule has 4 aromatic heterocycles. The minimum absolute atomic E-state index is 0. The summed E-state index contributed by atoms with van der Waals surface area (Å²) in [5.74, 6) is -0.893. The first kappa shape index (κ1) is 36.6. The number of nitrogens with zero attached hydrogens (tertiary/aromatic N) is 4. The van der Waals surface area contributed by atoms with Crippen LogP contribution < -0.4 is 29.6 Å². The number of hydrogen-bond acceptors (Lipinski definition) is 8. The molecule has 51 heavy (non-hydrogen) atoms. The molecule has 4 heterocycles. The average molecular weight is 691 g/mol. The van der Waals surface area contributed by atoms with Crippen LogP contribution in [0.4, 0.5) is 0 Å². The molecule has 0 radical (unpaired) electrons. The van der Waals surface area contributed by atoms with Crippen molar-refractivity contribution in [2.24, 2.45) is 0 Å². The largest absolute Gasteiger partial charge is 1.00 e. The van der Waals surface area contributed by atoms with Crippen molar-refractivity contribution >= 4 is 33.7 Å². The number of methoxy groups -OCH3 is 1. The van der Waals surface area contributed by atoms with Gasteiger partial charge in [-0.1, -0.05) is 60.7 Å². The Bertz CT molecular complexity index is 2390. The standard InChI is InChI=1S/C20H16N2O3.C19H14N2O3.Na.H2O/c1-24-20(23)17-13-25-19(21-17)16-8-6-14(7-9-16)12-22-11-10-15-4-2-3-5-18(15)22;22-19(23)16-12-24-18(20-16)15-7-5-13(6-8-15)11-21-10-9-14-3-1-2-4-17(14)21;;/h2-11,13H,12H2,1H3;1-10,12H,11H2,(H,22,23);;1H2/q;;+1;/p-1. The van der Waals surface area contributed by atoms with Crippen LogP contribution in [0.25, 0.3) is 44.7 Å². The average Bonchev–Trinajstić information content (AvgIpc) is 3.97. The van der Waals surface area contributed by atoms with Gasteiger partial charge in [-0.05, 0) is 70.4 Å². The smallest absolute Gasteiger partial charge is 0.870 e. The number of para-hydroxylation sites is 2. The molecule has 0 spiro atoms. The van der Waals surface area contributed by atoms with Gasteiger partial charge >= 0.3 is 41.5 Å². The van der Waals surface area contributed by atoms with Gasteiger partial charge in [0.05, 0.1) is 7.11 Å². The van der Waals surface area contributed by atoms with Crippen molar-refractivity contribution in [2.75, 3.05) is 7.11 Å². The molecule has 4 aromatic carbocycles. The van der Waals surface area contributed by atoms with Gasteiger partial charge in [-0.3, -0.25) is 0 Å². The molecule has 2 N–H and O–H groups in total. The Morgan fingerprint density at radius 1 is 0.647 bits per heavy atom. The number of carboxylic acids is 1. The zero-order valence-electron chi connectivity index (χ0n) is 27.8. The minimum Gasteiger partial charge on any atom is -0.870 e. The van der Waals surface area contributed by atoms with Crippen LogP contribution in [-0.4, -0.2) is 48.7 Å². The Labute approximate surface area is 314 Å². The molecule has 0 unspecified atom stereocenters. The summed E-state index contributed by atoms with van der Waals surface area (Å²) in [6.45, 7) is 1.55. The molecule has 0 atom stereocenters. The van der Waals surface area contributed by atoms with Crippen molar-refractivity contribution in [1.29, 1.82) is 0 Å². The summed E-state index contributed by atoms with van der Waals surface area (Å²) in [4.78, 5) is 30.4. The molecule has 0 bridgehead atoms. The van der Waals surface area contributed by atoms with Crippen LogP contribution in [0.2, 0.25) is 0 Å². The Kier molecular flexibility index (Phi) is 11.7. The SMILES string of the molecule is COC(=O)c1coc(-c2ccc(Cn3ccc4ccccc43)cc2)n1.O=C(O)c1coc(-c2ccc(Cn3ccc4ccccc43)cc2)n1.[Na+].[OH-].